The smallest absolute Gasteiger partial charge is 0.410 e. The van der Waals surface area contributed by atoms with Crippen LogP contribution in [0.4, 0.5) is 10.6 Å². The van der Waals surface area contributed by atoms with Gasteiger partial charge in [0.2, 0.25) is 0 Å². The topological polar surface area (TPSA) is 178 Å². The van der Waals surface area contributed by atoms with E-state index in [1.165, 1.54) is 10.9 Å². The highest BCUT2D eigenvalue weighted by Gasteiger charge is 2.48. The van der Waals surface area contributed by atoms with E-state index in [2.05, 4.69) is 20.3 Å². The van der Waals surface area contributed by atoms with Crippen LogP contribution in [0.2, 0.25) is 0 Å². The van der Waals surface area contributed by atoms with Crippen LogP contribution in [-0.2, 0) is 20.7 Å². The molecule has 6 rings (SSSR count). The number of aromatic nitrogens is 4. The number of ether oxygens (including phenoxy) is 2. The van der Waals surface area contributed by atoms with Gasteiger partial charge in [0.25, 0.3) is 5.91 Å². The third-order valence-electron chi connectivity index (χ3n) is 8.39. The van der Waals surface area contributed by atoms with Gasteiger partial charge in [-0.15, -0.1) is 0 Å². The average Bonchev–Trinajstić information content (AvgIpc) is 3.53. The summed E-state index contributed by atoms with van der Waals surface area (Å²) in [6.07, 6.45) is 5.69. The Balaban J connectivity index is 1.05. The van der Waals surface area contributed by atoms with Crippen molar-refractivity contribution in [2.24, 2.45) is 5.92 Å². The molecule has 13 nitrogen and oxygen atoms in total. The maximum Gasteiger partial charge on any atom is 0.410 e. The Morgan fingerprint density at radius 2 is 1.87 bits per heavy atom. The van der Waals surface area contributed by atoms with E-state index >= 15 is 0 Å². The lowest BCUT2D eigenvalue weighted by Gasteiger charge is -2.34. The molecule has 39 heavy (non-hydrogen) atoms. The largest absolute Gasteiger partial charge is 0.446 e. The summed E-state index contributed by atoms with van der Waals surface area (Å²) in [7, 11) is 0. The van der Waals surface area contributed by atoms with Crippen molar-refractivity contribution >= 4 is 29.0 Å². The predicted molar refractivity (Wildman–Crippen MR) is 138 cm³/mol. The molecule has 1 unspecified atom stereocenters. The Bertz CT molecular complexity index is 1210. The number of amides is 2. The standard InChI is InChI=1S/C26H37N7O6/c27-22-18-23(33(13-28-18)25-20(35)19(34)21(39-25)24(36)29-15-7-8-15)31-17(30-22)6-1-3-14-9-11-32(12-10-14)26(37)38-16-4-2-5-16/h13-16,19-21,25,34-35H,1-12H2,(H,29,36)(H2,27,30,31)/t19?,20-,21-,25+/m0/s1. The number of aryl methyl sites for hydroxylation is 1. The molecule has 0 radical (unpaired) electrons. The quantitative estimate of drug-likeness (QED) is 0.376. The van der Waals surface area contributed by atoms with Crippen molar-refractivity contribution < 1.29 is 29.3 Å². The highest BCUT2D eigenvalue weighted by atomic mass is 16.6. The monoisotopic (exact) mass is 543 g/mol. The van der Waals surface area contributed by atoms with Crippen LogP contribution in [0.15, 0.2) is 6.33 Å². The SMILES string of the molecule is Nc1nc(CCCC2CCN(C(=O)OC3CCC3)CC2)nc2c1ncn2[C@@H]1O[C@H](C(=O)NC2CC2)C(O)[C@@H]1O. The molecule has 2 saturated carbocycles. The van der Waals surface area contributed by atoms with Gasteiger partial charge >= 0.3 is 6.09 Å². The maximum atomic E-state index is 12.5. The highest BCUT2D eigenvalue weighted by Crippen LogP contribution is 2.33. The molecule has 212 valence electrons. The van der Waals surface area contributed by atoms with Gasteiger partial charge in [0, 0.05) is 25.6 Å². The second-order valence-electron chi connectivity index (χ2n) is 11.3. The summed E-state index contributed by atoms with van der Waals surface area (Å²) in [6, 6.07) is 0.106. The minimum Gasteiger partial charge on any atom is -0.446 e. The summed E-state index contributed by atoms with van der Waals surface area (Å²) < 4.78 is 12.8. The van der Waals surface area contributed by atoms with E-state index in [1.807, 2.05) is 4.90 Å². The van der Waals surface area contributed by atoms with E-state index in [4.69, 9.17) is 15.2 Å². The van der Waals surface area contributed by atoms with Gasteiger partial charge < -0.3 is 35.6 Å². The fourth-order valence-corrected chi connectivity index (χ4v) is 5.56. The van der Waals surface area contributed by atoms with Crippen molar-refractivity contribution in [1.29, 1.82) is 0 Å². The van der Waals surface area contributed by atoms with E-state index in [-0.39, 0.29) is 24.1 Å². The molecule has 2 aromatic rings. The molecule has 13 heteroatoms. The third kappa shape index (κ3) is 5.52. The van der Waals surface area contributed by atoms with Gasteiger partial charge in [-0.1, -0.05) is 0 Å². The average molecular weight is 544 g/mol. The van der Waals surface area contributed by atoms with E-state index in [9.17, 15) is 19.8 Å². The number of carbonyl (C=O) groups excluding carboxylic acids is 2. The molecule has 0 bridgehead atoms. The number of aliphatic hydroxyl groups is 2. The van der Waals surface area contributed by atoms with Crippen LogP contribution in [0.25, 0.3) is 11.2 Å². The first-order valence-corrected chi connectivity index (χ1v) is 14.1. The molecule has 2 aromatic heterocycles. The molecule has 0 aromatic carbocycles. The molecular formula is C26H37N7O6. The molecule has 2 saturated heterocycles. The van der Waals surface area contributed by atoms with E-state index in [0.29, 0.717) is 29.3 Å². The fraction of sp³-hybridized carbons (Fsp3) is 0.731. The number of carbonyl (C=O) groups is 2. The minimum atomic E-state index is -1.38. The van der Waals surface area contributed by atoms with E-state index < -0.39 is 30.4 Å². The summed E-state index contributed by atoms with van der Waals surface area (Å²) >= 11 is 0. The molecule has 4 aliphatic rings. The van der Waals surface area contributed by atoms with Crippen molar-refractivity contribution in [1.82, 2.24) is 29.7 Å². The summed E-state index contributed by atoms with van der Waals surface area (Å²) in [6.45, 7) is 1.44. The summed E-state index contributed by atoms with van der Waals surface area (Å²) in [5, 5.41) is 24.0. The number of nitrogens with two attached hydrogens (primary N) is 1. The Morgan fingerprint density at radius 1 is 1.10 bits per heavy atom. The number of piperidine rings is 1. The molecule has 4 fully saturated rings. The van der Waals surface area contributed by atoms with Gasteiger partial charge in [-0.05, 0) is 63.7 Å². The molecule has 0 spiro atoms. The van der Waals surface area contributed by atoms with Crippen molar-refractivity contribution in [3.63, 3.8) is 0 Å². The number of likely N-dealkylation sites (tertiary alicyclic amines) is 1. The van der Waals surface area contributed by atoms with Crippen LogP contribution < -0.4 is 11.1 Å². The van der Waals surface area contributed by atoms with Crippen LogP contribution >= 0.6 is 0 Å². The van der Waals surface area contributed by atoms with Gasteiger partial charge in [-0.25, -0.2) is 19.7 Å². The summed E-state index contributed by atoms with van der Waals surface area (Å²) in [5.41, 5.74) is 6.94. The zero-order chi connectivity index (χ0) is 27.1. The number of hydrogen-bond acceptors (Lipinski definition) is 10. The van der Waals surface area contributed by atoms with Crippen LogP contribution in [0.3, 0.4) is 0 Å². The van der Waals surface area contributed by atoms with Crippen molar-refractivity contribution in [3.05, 3.63) is 12.2 Å². The number of imidazole rings is 1. The Kier molecular flexibility index (Phi) is 7.29. The van der Waals surface area contributed by atoms with Gasteiger partial charge in [-0.3, -0.25) is 9.36 Å². The van der Waals surface area contributed by atoms with Crippen molar-refractivity contribution in [2.45, 2.75) is 101 Å². The predicted octanol–water partition coefficient (Wildman–Crippen LogP) is 1.03. The Labute approximate surface area is 226 Å². The van der Waals surface area contributed by atoms with Crippen molar-refractivity contribution in [2.75, 3.05) is 18.8 Å². The molecule has 4 heterocycles. The zero-order valence-electron chi connectivity index (χ0n) is 21.9. The lowest BCUT2D eigenvalue weighted by molar-refractivity contribution is -0.137. The molecule has 4 atom stereocenters. The Morgan fingerprint density at radius 3 is 2.56 bits per heavy atom. The lowest BCUT2D eigenvalue weighted by atomic mass is 9.91. The molecule has 5 N–H and O–H groups in total. The van der Waals surface area contributed by atoms with Gasteiger partial charge in [0.15, 0.2) is 23.8 Å². The van der Waals surface area contributed by atoms with Crippen LogP contribution in [0.1, 0.15) is 69.8 Å². The number of hydrogen-bond donors (Lipinski definition) is 4. The van der Waals surface area contributed by atoms with E-state index in [0.717, 1.165) is 70.9 Å². The van der Waals surface area contributed by atoms with Crippen molar-refractivity contribution in [3.8, 4) is 0 Å². The third-order valence-corrected chi connectivity index (χ3v) is 8.39. The first-order chi connectivity index (χ1) is 18.9. The highest BCUT2D eigenvalue weighted by molar-refractivity contribution is 5.83. The number of nitrogen functional groups attached to an aromatic ring is 1. The second kappa shape index (κ2) is 10.9. The van der Waals surface area contributed by atoms with Gasteiger partial charge in [0.1, 0.15) is 29.7 Å². The number of rotatable bonds is 8. The molecule has 2 amide bonds. The van der Waals surface area contributed by atoms with Crippen LogP contribution in [-0.4, -0.2) is 90.2 Å². The fourth-order valence-electron chi connectivity index (χ4n) is 5.56. The maximum absolute atomic E-state index is 12.5. The molecule has 2 aliphatic carbocycles. The molecule has 2 aliphatic heterocycles. The van der Waals surface area contributed by atoms with Gasteiger partial charge in [-0.2, -0.15) is 0 Å². The second-order valence-corrected chi connectivity index (χ2v) is 11.3. The van der Waals surface area contributed by atoms with Crippen LogP contribution in [0, 0.1) is 5.92 Å². The summed E-state index contributed by atoms with van der Waals surface area (Å²) in [4.78, 5) is 40.0. The lowest BCUT2D eigenvalue weighted by Crippen LogP contribution is -2.43. The van der Waals surface area contributed by atoms with Gasteiger partial charge in [0.05, 0.1) is 6.33 Å². The number of anilines is 1. The number of aliphatic hydroxyl groups excluding tert-OH is 2. The number of nitrogens with one attached hydrogen (secondary N) is 1. The summed E-state index contributed by atoms with van der Waals surface area (Å²) in [5.74, 6) is 0.862. The number of nitrogens with zero attached hydrogens (tertiary/aromatic N) is 5. The first kappa shape index (κ1) is 26.2. The normalized spacial score (nSPS) is 28.0. The first-order valence-electron chi connectivity index (χ1n) is 14.1. The number of fused-ring (bicyclic) bond motifs is 1. The zero-order valence-corrected chi connectivity index (χ0v) is 21.9. The molecular weight excluding hydrogens is 506 g/mol. The van der Waals surface area contributed by atoms with E-state index in [1.54, 1.807) is 0 Å². The minimum absolute atomic E-state index is 0.106. The van der Waals surface area contributed by atoms with Crippen LogP contribution in [0.5, 0.6) is 0 Å². The Hall–Kier alpha value is -3.03.